The maximum absolute atomic E-state index is 12.3. The summed E-state index contributed by atoms with van der Waals surface area (Å²) in [6.45, 7) is 4.84. The highest BCUT2D eigenvalue weighted by atomic mass is 35.5. The first-order valence-corrected chi connectivity index (χ1v) is 7.70. The second-order valence-corrected chi connectivity index (χ2v) is 8.16. The lowest BCUT2D eigenvalue weighted by Gasteiger charge is -2.36. The van der Waals surface area contributed by atoms with Crippen molar-refractivity contribution in [3.8, 4) is 0 Å². The van der Waals surface area contributed by atoms with Crippen LogP contribution in [0.3, 0.4) is 0 Å². The molecule has 0 radical (unpaired) electrons. The smallest absolute Gasteiger partial charge is 0.254 e. The molecular formula is C9H13ClN2O3S2. The molecule has 0 spiro atoms. The van der Waals surface area contributed by atoms with Crippen molar-refractivity contribution in [3.05, 3.63) is 10.7 Å². The second kappa shape index (κ2) is 4.47. The van der Waals surface area contributed by atoms with Crippen molar-refractivity contribution in [3.63, 3.8) is 0 Å². The average Bonchev–Trinajstić information content (AvgIpc) is 2.64. The van der Waals surface area contributed by atoms with E-state index in [4.69, 9.17) is 16.3 Å². The SMILES string of the molecule is CC1(C)CN(S(=O)(=O)c2cnc(Cl)s2)CCO1. The molecule has 1 saturated heterocycles. The fraction of sp³-hybridized carbons (Fsp3) is 0.667. The van der Waals surface area contributed by atoms with Gasteiger partial charge in [-0.25, -0.2) is 13.4 Å². The normalized spacial score (nSPS) is 21.6. The molecule has 1 aliphatic rings. The molecule has 0 aromatic carbocycles. The molecule has 1 aromatic heterocycles. The minimum atomic E-state index is -3.49. The number of ether oxygens (including phenoxy) is 1. The van der Waals surface area contributed by atoms with Gasteiger partial charge < -0.3 is 4.74 Å². The van der Waals surface area contributed by atoms with Crippen LogP contribution < -0.4 is 0 Å². The quantitative estimate of drug-likeness (QED) is 0.832. The van der Waals surface area contributed by atoms with Gasteiger partial charge in [0.15, 0.2) is 8.68 Å². The molecule has 2 heterocycles. The number of nitrogens with zero attached hydrogens (tertiary/aromatic N) is 2. The molecule has 2 rings (SSSR count). The Bertz CT molecular complexity index is 512. The summed E-state index contributed by atoms with van der Waals surface area (Å²) in [5, 5.41) is 0. The Labute approximate surface area is 109 Å². The highest BCUT2D eigenvalue weighted by Crippen LogP contribution is 2.28. The number of sulfonamides is 1. The van der Waals surface area contributed by atoms with Crippen molar-refractivity contribution in [2.75, 3.05) is 19.7 Å². The molecule has 1 fully saturated rings. The molecule has 0 atom stereocenters. The molecule has 96 valence electrons. The van der Waals surface area contributed by atoms with Gasteiger partial charge in [-0.05, 0) is 13.8 Å². The lowest BCUT2D eigenvalue weighted by Crippen LogP contribution is -2.50. The summed E-state index contributed by atoms with van der Waals surface area (Å²) in [5.41, 5.74) is -0.459. The Morgan fingerprint density at radius 1 is 1.59 bits per heavy atom. The van der Waals surface area contributed by atoms with Crippen molar-refractivity contribution in [2.45, 2.75) is 23.7 Å². The van der Waals surface area contributed by atoms with E-state index in [-0.39, 0.29) is 8.68 Å². The van der Waals surface area contributed by atoms with Crippen molar-refractivity contribution >= 4 is 33.0 Å². The zero-order chi connectivity index (χ0) is 12.7. The van der Waals surface area contributed by atoms with Crippen LogP contribution in [-0.4, -0.2) is 43.0 Å². The van der Waals surface area contributed by atoms with E-state index in [2.05, 4.69) is 4.98 Å². The zero-order valence-corrected chi connectivity index (χ0v) is 11.9. The first kappa shape index (κ1) is 13.2. The van der Waals surface area contributed by atoms with Crippen LogP contribution in [0, 0.1) is 0 Å². The number of aromatic nitrogens is 1. The van der Waals surface area contributed by atoms with E-state index in [0.29, 0.717) is 19.7 Å². The van der Waals surface area contributed by atoms with Gasteiger partial charge >= 0.3 is 0 Å². The zero-order valence-electron chi connectivity index (χ0n) is 9.51. The van der Waals surface area contributed by atoms with E-state index in [1.807, 2.05) is 13.8 Å². The van der Waals surface area contributed by atoms with Gasteiger partial charge in [-0.3, -0.25) is 0 Å². The molecule has 0 bridgehead atoms. The molecule has 8 heteroatoms. The summed E-state index contributed by atoms with van der Waals surface area (Å²) in [5.74, 6) is 0. The average molecular weight is 297 g/mol. The van der Waals surface area contributed by atoms with Gasteiger partial charge in [-0.1, -0.05) is 22.9 Å². The minimum absolute atomic E-state index is 0.181. The van der Waals surface area contributed by atoms with E-state index in [1.54, 1.807) is 0 Å². The molecule has 0 aliphatic carbocycles. The van der Waals surface area contributed by atoms with Crippen LogP contribution in [0.1, 0.15) is 13.8 Å². The van der Waals surface area contributed by atoms with Crippen molar-refractivity contribution < 1.29 is 13.2 Å². The highest BCUT2D eigenvalue weighted by molar-refractivity contribution is 7.91. The summed E-state index contributed by atoms with van der Waals surface area (Å²) < 4.78 is 31.9. The lowest BCUT2D eigenvalue weighted by molar-refractivity contribution is -0.0640. The topological polar surface area (TPSA) is 59.5 Å². The van der Waals surface area contributed by atoms with Crippen molar-refractivity contribution in [1.29, 1.82) is 0 Å². The molecule has 1 aliphatic heterocycles. The maximum atomic E-state index is 12.3. The second-order valence-electron chi connectivity index (χ2n) is 4.38. The van der Waals surface area contributed by atoms with Crippen LogP contribution in [0.5, 0.6) is 0 Å². The van der Waals surface area contributed by atoms with E-state index in [9.17, 15) is 8.42 Å². The van der Waals surface area contributed by atoms with Crippen LogP contribution in [-0.2, 0) is 14.8 Å². The number of hydrogen-bond acceptors (Lipinski definition) is 5. The monoisotopic (exact) mass is 296 g/mol. The number of thiazole rings is 1. The summed E-state index contributed by atoms with van der Waals surface area (Å²) in [7, 11) is -3.49. The molecular weight excluding hydrogens is 284 g/mol. The van der Waals surface area contributed by atoms with Gasteiger partial charge in [-0.2, -0.15) is 4.31 Å². The van der Waals surface area contributed by atoms with Gasteiger partial charge in [0.1, 0.15) is 0 Å². The molecule has 0 N–H and O–H groups in total. The predicted octanol–water partition coefficient (Wildman–Crippen LogP) is 1.60. The van der Waals surface area contributed by atoms with Crippen LogP contribution in [0.25, 0.3) is 0 Å². The fourth-order valence-corrected chi connectivity index (χ4v) is 4.69. The highest BCUT2D eigenvalue weighted by Gasteiger charge is 2.35. The maximum Gasteiger partial charge on any atom is 0.254 e. The number of halogens is 1. The Balaban J connectivity index is 2.27. The molecule has 0 saturated carbocycles. The van der Waals surface area contributed by atoms with Crippen molar-refractivity contribution in [2.24, 2.45) is 0 Å². The third-order valence-electron chi connectivity index (χ3n) is 2.44. The molecule has 17 heavy (non-hydrogen) atoms. The molecule has 0 amide bonds. The van der Waals surface area contributed by atoms with Gasteiger partial charge in [0.25, 0.3) is 10.0 Å². The van der Waals surface area contributed by atoms with Crippen LogP contribution in [0.4, 0.5) is 0 Å². The summed E-state index contributed by atoms with van der Waals surface area (Å²) in [6, 6.07) is 0. The summed E-state index contributed by atoms with van der Waals surface area (Å²) in [4.78, 5) is 3.76. The predicted molar refractivity (Wildman–Crippen MR) is 65.9 cm³/mol. The third-order valence-corrected chi connectivity index (χ3v) is 5.84. The number of morpholine rings is 1. The van der Waals surface area contributed by atoms with Gasteiger partial charge in [-0.15, -0.1) is 0 Å². The van der Waals surface area contributed by atoms with E-state index in [1.165, 1.54) is 10.5 Å². The first-order valence-electron chi connectivity index (χ1n) is 5.07. The lowest BCUT2D eigenvalue weighted by atomic mass is 10.1. The van der Waals surface area contributed by atoms with E-state index < -0.39 is 15.6 Å². The summed E-state index contributed by atoms with van der Waals surface area (Å²) >= 11 is 6.63. The standard InChI is InChI=1S/C9H13ClN2O3S2/c1-9(2)6-12(3-4-15-9)17(13,14)7-5-11-8(10)16-7/h5H,3-4,6H2,1-2H3. The third kappa shape index (κ3) is 2.79. The van der Waals surface area contributed by atoms with Crippen LogP contribution in [0.2, 0.25) is 4.47 Å². The van der Waals surface area contributed by atoms with Gasteiger partial charge in [0.2, 0.25) is 0 Å². The fourth-order valence-electron chi connectivity index (χ4n) is 1.66. The largest absolute Gasteiger partial charge is 0.373 e. The van der Waals surface area contributed by atoms with Crippen LogP contribution >= 0.6 is 22.9 Å². The van der Waals surface area contributed by atoms with Crippen LogP contribution in [0.15, 0.2) is 10.4 Å². The Morgan fingerprint density at radius 3 is 2.82 bits per heavy atom. The minimum Gasteiger partial charge on any atom is -0.373 e. The van der Waals surface area contributed by atoms with Gasteiger partial charge in [0.05, 0.1) is 18.4 Å². The Hall–Kier alpha value is -0.210. The Kier molecular flexibility index (Phi) is 3.48. The number of rotatable bonds is 2. The number of hydrogen-bond donors (Lipinski definition) is 0. The van der Waals surface area contributed by atoms with E-state index >= 15 is 0 Å². The molecule has 5 nitrogen and oxygen atoms in total. The first-order chi connectivity index (χ1) is 7.81. The molecule has 0 unspecified atom stereocenters. The van der Waals surface area contributed by atoms with E-state index in [0.717, 1.165) is 11.3 Å². The molecule has 1 aromatic rings. The van der Waals surface area contributed by atoms with Gasteiger partial charge in [0, 0.05) is 13.1 Å². The summed E-state index contributed by atoms with van der Waals surface area (Å²) in [6.07, 6.45) is 1.30. The Morgan fingerprint density at radius 2 is 2.29 bits per heavy atom. The van der Waals surface area contributed by atoms with Crippen molar-refractivity contribution in [1.82, 2.24) is 9.29 Å².